The Balaban J connectivity index is 2.32. The van der Waals surface area contributed by atoms with E-state index in [0.29, 0.717) is 0 Å². The predicted molar refractivity (Wildman–Crippen MR) is 67.1 cm³/mol. The molecule has 106 valence electrons. The minimum absolute atomic E-state index is 0.0591. The Hall–Kier alpha value is -1.00. The predicted octanol–water partition coefficient (Wildman–Crippen LogP) is -1.05. The first-order valence-electron chi connectivity index (χ1n) is 5.49. The van der Waals surface area contributed by atoms with Crippen molar-refractivity contribution in [3.63, 3.8) is 0 Å². The van der Waals surface area contributed by atoms with Crippen LogP contribution in [0.5, 0.6) is 0 Å². The van der Waals surface area contributed by atoms with Gasteiger partial charge in [-0.25, -0.2) is 22.0 Å². The van der Waals surface area contributed by atoms with Crippen molar-refractivity contribution in [1.82, 2.24) is 4.31 Å². The Bertz CT molecular complexity index is 678. The van der Waals surface area contributed by atoms with Crippen LogP contribution < -0.4 is 5.14 Å². The molecule has 1 aliphatic heterocycles. The lowest BCUT2D eigenvalue weighted by Gasteiger charge is -2.36. The van der Waals surface area contributed by atoms with Crippen LogP contribution in [0.25, 0.3) is 0 Å². The van der Waals surface area contributed by atoms with Gasteiger partial charge in [-0.3, -0.25) is 0 Å². The molecule has 0 amide bonds. The van der Waals surface area contributed by atoms with E-state index in [9.17, 15) is 16.8 Å². The topological polar surface area (TPSA) is 118 Å². The molecule has 7 nitrogen and oxygen atoms in total. The van der Waals surface area contributed by atoms with E-state index in [1.165, 1.54) is 22.5 Å². The number of hydrogen-bond donors (Lipinski definition) is 2. The van der Waals surface area contributed by atoms with E-state index in [1.54, 1.807) is 0 Å². The van der Waals surface area contributed by atoms with Crippen LogP contribution in [0.3, 0.4) is 0 Å². The van der Waals surface area contributed by atoms with Crippen LogP contribution >= 0.6 is 0 Å². The van der Waals surface area contributed by atoms with Crippen LogP contribution in [0, 0.1) is 5.92 Å². The average molecular weight is 306 g/mol. The number of benzene rings is 1. The second kappa shape index (κ2) is 4.84. The lowest BCUT2D eigenvalue weighted by molar-refractivity contribution is 0.117. The molecule has 0 aliphatic carbocycles. The Morgan fingerprint density at radius 2 is 1.79 bits per heavy atom. The van der Waals surface area contributed by atoms with E-state index < -0.39 is 20.0 Å². The van der Waals surface area contributed by atoms with E-state index in [-0.39, 0.29) is 35.4 Å². The monoisotopic (exact) mass is 306 g/mol. The van der Waals surface area contributed by atoms with E-state index in [0.717, 1.165) is 6.07 Å². The Labute approximate surface area is 111 Å². The van der Waals surface area contributed by atoms with Crippen molar-refractivity contribution in [3.8, 4) is 0 Å². The highest BCUT2D eigenvalue weighted by Gasteiger charge is 2.36. The highest BCUT2D eigenvalue weighted by Crippen LogP contribution is 2.25. The van der Waals surface area contributed by atoms with Gasteiger partial charge in [-0.15, -0.1) is 0 Å². The molecule has 0 saturated carbocycles. The Morgan fingerprint density at radius 1 is 1.21 bits per heavy atom. The highest BCUT2D eigenvalue weighted by atomic mass is 32.2. The minimum atomic E-state index is -3.94. The summed E-state index contributed by atoms with van der Waals surface area (Å²) in [5.74, 6) is -0.0591. The minimum Gasteiger partial charge on any atom is -0.396 e. The molecular weight excluding hydrogens is 292 g/mol. The summed E-state index contributed by atoms with van der Waals surface area (Å²) < 4.78 is 47.9. The SMILES string of the molecule is NS(=O)(=O)c1cccc(S(=O)(=O)N2CC(CO)C2)c1. The van der Waals surface area contributed by atoms with Crippen molar-refractivity contribution in [2.75, 3.05) is 19.7 Å². The summed E-state index contributed by atoms with van der Waals surface area (Å²) in [6.45, 7) is 0.403. The van der Waals surface area contributed by atoms with Crippen molar-refractivity contribution in [3.05, 3.63) is 24.3 Å². The summed E-state index contributed by atoms with van der Waals surface area (Å²) in [5, 5.41) is 13.8. The molecule has 1 aliphatic rings. The largest absolute Gasteiger partial charge is 0.396 e. The van der Waals surface area contributed by atoms with Gasteiger partial charge in [0.2, 0.25) is 20.0 Å². The Morgan fingerprint density at radius 3 is 2.32 bits per heavy atom. The van der Waals surface area contributed by atoms with Gasteiger partial charge in [0.15, 0.2) is 0 Å². The summed E-state index contributed by atoms with van der Waals surface area (Å²) in [6, 6.07) is 4.92. The highest BCUT2D eigenvalue weighted by molar-refractivity contribution is 7.90. The first-order chi connectivity index (χ1) is 8.75. The summed E-state index contributed by atoms with van der Waals surface area (Å²) in [5.41, 5.74) is 0. The van der Waals surface area contributed by atoms with Crippen molar-refractivity contribution < 1.29 is 21.9 Å². The standard InChI is InChI=1S/C10H14N2O5S2/c11-18(14,15)9-2-1-3-10(4-9)19(16,17)12-5-8(6-12)7-13/h1-4,8,13H,5-7H2,(H2,11,14,15). The number of aliphatic hydroxyl groups is 1. The van der Waals surface area contributed by atoms with Crippen molar-refractivity contribution >= 4 is 20.0 Å². The second-order valence-electron chi connectivity index (χ2n) is 4.39. The molecule has 0 unspecified atom stereocenters. The molecule has 3 N–H and O–H groups in total. The van der Waals surface area contributed by atoms with Gasteiger partial charge in [-0.1, -0.05) is 6.07 Å². The van der Waals surface area contributed by atoms with Crippen LogP contribution in [0.2, 0.25) is 0 Å². The van der Waals surface area contributed by atoms with Crippen molar-refractivity contribution in [1.29, 1.82) is 0 Å². The zero-order chi connectivity index (χ0) is 14.3. The third-order valence-corrected chi connectivity index (χ3v) is 5.69. The number of hydrogen-bond acceptors (Lipinski definition) is 5. The number of nitrogens with zero attached hydrogens (tertiary/aromatic N) is 1. The van der Waals surface area contributed by atoms with Gasteiger partial charge < -0.3 is 5.11 Å². The van der Waals surface area contributed by atoms with Gasteiger partial charge in [0, 0.05) is 25.6 Å². The molecular formula is C10H14N2O5S2. The van der Waals surface area contributed by atoms with Crippen LogP contribution in [0.15, 0.2) is 34.1 Å². The fourth-order valence-corrected chi connectivity index (χ4v) is 4.07. The van der Waals surface area contributed by atoms with E-state index in [2.05, 4.69) is 0 Å². The molecule has 1 aromatic carbocycles. The summed E-state index contributed by atoms with van der Waals surface area (Å²) in [4.78, 5) is -0.358. The van der Waals surface area contributed by atoms with Crippen LogP contribution in [0.1, 0.15) is 0 Å². The molecule has 0 bridgehead atoms. The maximum atomic E-state index is 12.2. The fraction of sp³-hybridized carbons (Fsp3) is 0.400. The van der Waals surface area contributed by atoms with Gasteiger partial charge >= 0.3 is 0 Å². The maximum Gasteiger partial charge on any atom is 0.243 e. The third kappa shape index (κ3) is 2.79. The number of rotatable bonds is 4. The fourth-order valence-electron chi connectivity index (χ4n) is 1.79. The van der Waals surface area contributed by atoms with Gasteiger partial charge in [0.25, 0.3) is 0 Å². The lowest BCUT2D eigenvalue weighted by atomic mass is 10.1. The molecule has 1 fully saturated rings. The van der Waals surface area contributed by atoms with Gasteiger partial charge in [0.05, 0.1) is 9.79 Å². The molecule has 0 radical (unpaired) electrons. The molecule has 1 heterocycles. The quantitative estimate of drug-likeness (QED) is 0.735. The summed E-state index contributed by atoms with van der Waals surface area (Å²) in [6.07, 6.45) is 0. The number of primary sulfonamides is 1. The van der Waals surface area contributed by atoms with E-state index in [1.807, 2.05) is 0 Å². The van der Waals surface area contributed by atoms with Gasteiger partial charge in [0.1, 0.15) is 0 Å². The number of aliphatic hydroxyl groups excluding tert-OH is 1. The third-order valence-electron chi connectivity index (χ3n) is 2.95. The molecule has 0 spiro atoms. The molecule has 0 aromatic heterocycles. The zero-order valence-corrected chi connectivity index (χ0v) is 11.6. The molecule has 2 rings (SSSR count). The molecule has 1 aromatic rings. The van der Waals surface area contributed by atoms with Crippen LogP contribution in [-0.4, -0.2) is 45.9 Å². The normalized spacial score (nSPS) is 18.2. The first kappa shape index (κ1) is 14.4. The van der Waals surface area contributed by atoms with Crippen LogP contribution in [0.4, 0.5) is 0 Å². The summed E-state index contributed by atoms with van der Waals surface area (Å²) >= 11 is 0. The summed E-state index contributed by atoms with van der Waals surface area (Å²) in [7, 11) is -7.66. The first-order valence-corrected chi connectivity index (χ1v) is 8.47. The van der Waals surface area contributed by atoms with Gasteiger partial charge in [-0.2, -0.15) is 4.31 Å². The van der Waals surface area contributed by atoms with Crippen molar-refractivity contribution in [2.24, 2.45) is 11.1 Å². The molecule has 19 heavy (non-hydrogen) atoms. The zero-order valence-electron chi connectivity index (χ0n) is 9.93. The van der Waals surface area contributed by atoms with Gasteiger partial charge in [-0.05, 0) is 18.2 Å². The van der Waals surface area contributed by atoms with Crippen LogP contribution in [-0.2, 0) is 20.0 Å². The molecule has 0 atom stereocenters. The maximum absolute atomic E-state index is 12.2. The Kier molecular flexibility index (Phi) is 3.67. The molecule has 1 saturated heterocycles. The smallest absolute Gasteiger partial charge is 0.243 e. The second-order valence-corrected chi connectivity index (χ2v) is 7.89. The van der Waals surface area contributed by atoms with Crippen molar-refractivity contribution in [2.45, 2.75) is 9.79 Å². The molecule has 9 heteroatoms. The van der Waals surface area contributed by atoms with E-state index >= 15 is 0 Å². The van der Waals surface area contributed by atoms with E-state index in [4.69, 9.17) is 10.2 Å². The number of sulfonamides is 2. The lowest BCUT2D eigenvalue weighted by Crippen LogP contribution is -2.51. The number of nitrogens with two attached hydrogens (primary N) is 1. The average Bonchev–Trinajstić information content (AvgIpc) is 2.26.